The monoisotopic (exact) mass is 434 g/mol. The van der Waals surface area contributed by atoms with E-state index in [0.717, 1.165) is 11.1 Å². The maximum atomic E-state index is 13.1. The zero-order valence-corrected chi connectivity index (χ0v) is 17.9. The van der Waals surface area contributed by atoms with Gasteiger partial charge >= 0.3 is 5.97 Å². The van der Waals surface area contributed by atoms with Gasteiger partial charge in [-0.1, -0.05) is 60.7 Å². The van der Waals surface area contributed by atoms with E-state index in [-0.39, 0.29) is 29.8 Å². The molecule has 1 heterocycles. The molecule has 0 spiro atoms. The molecule has 0 saturated heterocycles. The SMILES string of the molecule is COC(=O)c1ccoc1[C@H]1C(=O)[C@@H](COCc2ccccc2)[C@@H]1COCc1ccccc1. The van der Waals surface area contributed by atoms with E-state index in [4.69, 9.17) is 18.6 Å². The van der Waals surface area contributed by atoms with E-state index in [9.17, 15) is 9.59 Å². The second kappa shape index (κ2) is 10.4. The summed E-state index contributed by atoms with van der Waals surface area (Å²) in [5.41, 5.74) is 2.38. The maximum absolute atomic E-state index is 13.1. The Hall–Kier alpha value is -3.22. The van der Waals surface area contributed by atoms with E-state index < -0.39 is 11.9 Å². The molecule has 6 nitrogen and oxygen atoms in total. The van der Waals surface area contributed by atoms with Crippen molar-refractivity contribution in [3.05, 3.63) is 95.4 Å². The van der Waals surface area contributed by atoms with E-state index in [1.54, 1.807) is 0 Å². The van der Waals surface area contributed by atoms with Gasteiger partial charge in [-0.25, -0.2) is 4.79 Å². The Morgan fingerprint density at radius 1 is 0.875 bits per heavy atom. The largest absolute Gasteiger partial charge is 0.468 e. The Bertz CT molecular complexity index is 1030. The summed E-state index contributed by atoms with van der Waals surface area (Å²) >= 11 is 0. The van der Waals surface area contributed by atoms with Crippen molar-refractivity contribution in [2.45, 2.75) is 19.1 Å². The lowest BCUT2D eigenvalue weighted by Crippen LogP contribution is -2.50. The van der Waals surface area contributed by atoms with Gasteiger partial charge in [0.2, 0.25) is 0 Å². The molecule has 1 saturated carbocycles. The molecule has 2 aromatic carbocycles. The Labute approximate surface area is 187 Å². The molecule has 166 valence electrons. The molecule has 0 bridgehead atoms. The van der Waals surface area contributed by atoms with Gasteiger partial charge in [0.1, 0.15) is 17.1 Å². The fourth-order valence-electron chi connectivity index (χ4n) is 4.11. The van der Waals surface area contributed by atoms with Crippen LogP contribution < -0.4 is 0 Å². The van der Waals surface area contributed by atoms with Crippen LogP contribution in [0.25, 0.3) is 0 Å². The highest BCUT2D eigenvalue weighted by Crippen LogP contribution is 2.46. The fourth-order valence-corrected chi connectivity index (χ4v) is 4.11. The molecule has 0 unspecified atom stereocenters. The molecule has 0 aliphatic heterocycles. The Morgan fingerprint density at radius 2 is 1.47 bits per heavy atom. The minimum absolute atomic E-state index is 0.00789. The molecule has 1 aromatic heterocycles. The van der Waals surface area contributed by atoms with Gasteiger partial charge in [-0.3, -0.25) is 4.79 Å². The zero-order chi connectivity index (χ0) is 22.3. The molecule has 1 aliphatic carbocycles. The van der Waals surface area contributed by atoms with Crippen LogP contribution in [0.5, 0.6) is 0 Å². The van der Waals surface area contributed by atoms with Crippen LogP contribution in [0, 0.1) is 11.8 Å². The number of hydrogen-bond acceptors (Lipinski definition) is 6. The fraction of sp³-hybridized carbons (Fsp3) is 0.308. The number of hydrogen-bond donors (Lipinski definition) is 0. The highest BCUT2D eigenvalue weighted by molar-refractivity contribution is 5.98. The minimum atomic E-state index is -0.555. The summed E-state index contributed by atoms with van der Waals surface area (Å²) < 4.78 is 22.2. The van der Waals surface area contributed by atoms with Gasteiger partial charge in [0.25, 0.3) is 0 Å². The van der Waals surface area contributed by atoms with Gasteiger partial charge in [0.15, 0.2) is 0 Å². The molecule has 1 aliphatic rings. The topological polar surface area (TPSA) is 75.0 Å². The van der Waals surface area contributed by atoms with Crippen LogP contribution in [0.2, 0.25) is 0 Å². The number of benzene rings is 2. The summed E-state index contributed by atoms with van der Waals surface area (Å²) in [5.74, 6) is -1.22. The number of carbonyl (C=O) groups is 2. The van der Waals surface area contributed by atoms with Crippen molar-refractivity contribution in [1.29, 1.82) is 0 Å². The van der Waals surface area contributed by atoms with E-state index in [1.165, 1.54) is 19.4 Å². The van der Waals surface area contributed by atoms with Crippen LogP contribution in [0.3, 0.4) is 0 Å². The van der Waals surface area contributed by atoms with Gasteiger partial charge < -0.3 is 18.6 Å². The molecule has 0 radical (unpaired) electrons. The quantitative estimate of drug-likeness (QED) is 0.441. The first kappa shape index (κ1) is 22.0. The minimum Gasteiger partial charge on any atom is -0.468 e. The summed E-state index contributed by atoms with van der Waals surface area (Å²) in [4.78, 5) is 25.2. The second-order valence-electron chi connectivity index (χ2n) is 7.84. The lowest BCUT2D eigenvalue weighted by atomic mass is 9.62. The van der Waals surface area contributed by atoms with Crippen LogP contribution in [-0.4, -0.2) is 32.1 Å². The third-order valence-corrected chi connectivity index (χ3v) is 5.83. The summed E-state index contributed by atoms with van der Waals surface area (Å²) in [7, 11) is 1.31. The summed E-state index contributed by atoms with van der Waals surface area (Å²) in [6, 6.07) is 21.2. The number of carbonyl (C=O) groups excluding carboxylic acids is 2. The van der Waals surface area contributed by atoms with Crippen LogP contribution in [0.15, 0.2) is 77.4 Å². The Balaban J connectivity index is 1.44. The van der Waals surface area contributed by atoms with Crippen LogP contribution in [-0.2, 0) is 32.2 Å². The third-order valence-electron chi connectivity index (χ3n) is 5.83. The average molecular weight is 434 g/mol. The van der Waals surface area contributed by atoms with Gasteiger partial charge in [-0.15, -0.1) is 0 Å². The molecule has 0 amide bonds. The Kier molecular flexibility index (Phi) is 7.14. The molecule has 1 fully saturated rings. The van der Waals surface area contributed by atoms with Crippen molar-refractivity contribution < 1.29 is 28.2 Å². The lowest BCUT2D eigenvalue weighted by molar-refractivity contribution is -0.146. The predicted molar refractivity (Wildman–Crippen MR) is 117 cm³/mol. The average Bonchev–Trinajstić information content (AvgIpc) is 3.31. The lowest BCUT2D eigenvalue weighted by Gasteiger charge is -2.41. The van der Waals surface area contributed by atoms with E-state index in [1.807, 2.05) is 60.7 Å². The maximum Gasteiger partial charge on any atom is 0.341 e. The Morgan fingerprint density at radius 3 is 2.06 bits per heavy atom. The summed E-state index contributed by atoms with van der Waals surface area (Å²) in [6.07, 6.45) is 1.41. The number of furan rings is 1. The first-order valence-electron chi connectivity index (χ1n) is 10.6. The zero-order valence-electron chi connectivity index (χ0n) is 17.9. The number of ketones is 1. The van der Waals surface area contributed by atoms with Gasteiger partial charge in [-0.2, -0.15) is 0 Å². The summed E-state index contributed by atoms with van der Waals surface area (Å²) in [6.45, 7) is 1.52. The molecule has 3 aromatic rings. The molecular formula is C26H26O6. The third kappa shape index (κ3) is 4.82. The first-order valence-corrected chi connectivity index (χ1v) is 10.6. The summed E-state index contributed by atoms with van der Waals surface area (Å²) in [5, 5.41) is 0. The molecular weight excluding hydrogens is 408 g/mol. The number of methoxy groups -OCH3 is 1. The van der Waals surface area contributed by atoms with Crippen LogP contribution in [0.4, 0.5) is 0 Å². The molecule has 0 N–H and O–H groups in total. The standard InChI is InChI=1S/C26H26O6/c1-29-26(28)20-12-13-32-25(20)23-21(16-30-14-18-8-4-2-5-9-18)22(24(23)27)17-31-15-19-10-6-3-7-11-19/h2-13,21-23H,14-17H2,1H3/t21-,22-,23+/m0/s1. The highest BCUT2D eigenvalue weighted by atomic mass is 16.5. The van der Waals surface area contributed by atoms with Gasteiger partial charge in [-0.05, 0) is 17.2 Å². The number of esters is 1. The van der Waals surface area contributed by atoms with Crippen molar-refractivity contribution in [3.63, 3.8) is 0 Å². The van der Waals surface area contributed by atoms with Crippen molar-refractivity contribution in [2.75, 3.05) is 20.3 Å². The van der Waals surface area contributed by atoms with Gasteiger partial charge in [0.05, 0.1) is 45.7 Å². The van der Waals surface area contributed by atoms with E-state index in [2.05, 4.69) is 0 Å². The van der Waals surface area contributed by atoms with Crippen LogP contribution >= 0.6 is 0 Å². The molecule has 32 heavy (non-hydrogen) atoms. The van der Waals surface area contributed by atoms with Crippen molar-refractivity contribution >= 4 is 11.8 Å². The van der Waals surface area contributed by atoms with Crippen LogP contribution in [0.1, 0.15) is 33.2 Å². The van der Waals surface area contributed by atoms with Crippen molar-refractivity contribution in [3.8, 4) is 0 Å². The normalized spacial score (nSPS) is 20.0. The number of Topliss-reactive ketones (excluding diaryl/α,β-unsaturated/α-hetero) is 1. The molecule has 3 atom stereocenters. The molecule has 4 rings (SSSR count). The molecule has 6 heteroatoms. The highest BCUT2D eigenvalue weighted by Gasteiger charge is 2.53. The second-order valence-corrected chi connectivity index (χ2v) is 7.84. The smallest absolute Gasteiger partial charge is 0.341 e. The van der Waals surface area contributed by atoms with Crippen molar-refractivity contribution in [1.82, 2.24) is 0 Å². The first-order chi connectivity index (χ1) is 15.7. The van der Waals surface area contributed by atoms with E-state index in [0.29, 0.717) is 25.6 Å². The predicted octanol–water partition coefficient (Wildman–Crippen LogP) is 4.40. The number of ether oxygens (including phenoxy) is 3. The number of rotatable bonds is 10. The van der Waals surface area contributed by atoms with Crippen molar-refractivity contribution in [2.24, 2.45) is 11.8 Å². The van der Waals surface area contributed by atoms with E-state index >= 15 is 0 Å². The van der Waals surface area contributed by atoms with Gasteiger partial charge in [0, 0.05) is 11.8 Å².